The smallest absolute Gasteiger partial charge is 0.127 e. The molecule has 0 aromatic heterocycles. The zero-order valence-electron chi connectivity index (χ0n) is 8.56. The third-order valence-corrected chi connectivity index (χ3v) is 2.64. The van der Waals surface area contributed by atoms with Gasteiger partial charge in [0.1, 0.15) is 11.6 Å². The molecule has 0 saturated heterocycles. The van der Waals surface area contributed by atoms with Crippen LogP contribution in [0.3, 0.4) is 0 Å². The lowest BCUT2D eigenvalue weighted by Gasteiger charge is -2.13. The van der Waals surface area contributed by atoms with Gasteiger partial charge in [0.05, 0.1) is 0 Å². The highest BCUT2D eigenvalue weighted by molar-refractivity contribution is 6.18. The van der Waals surface area contributed by atoms with Crippen LogP contribution in [0.25, 0.3) is 0 Å². The summed E-state index contributed by atoms with van der Waals surface area (Å²) in [7, 11) is 0. The summed E-state index contributed by atoms with van der Waals surface area (Å²) < 4.78 is 26.0. The first kappa shape index (κ1) is 12.4. The van der Waals surface area contributed by atoms with Crippen LogP contribution < -0.4 is 5.32 Å². The Morgan fingerprint density at radius 1 is 1.40 bits per heavy atom. The van der Waals surface area contributed by atoms with E-state index in [9.17, 15) is 8.78 Å². The number of rotatable bonds is 5. The van der Waals surface area contributed by atoms with Crippen LogP contribution in [-0.4, -0.2) is 11.9 Å². The van der Waals surface area contributed by atoms with Crippen molar-refractivity contribution in [2.45, 2.75) is 25.9 Å². The number of nitrogens with one attached hydrogen (secondary N) is 1. The summed E-state index contributed by atoms with van der Waals surface area (Å²) >= 11 is 5.67. The predicted octanol–water partition coefficient (Wildman–Crippen LogP) is 3.07. The number of hydrogen-bond donors (Lipinski definition) is 1. The van der Waals surface area contributed by atoms with Crippen LogP contribution in [0.1, 0.15) is 18.9 Å². The van der Waals surface area contributed by atoms with Crippen LogP contribution in [0.4, 0.5) is 8.78 Å². The first-order valence-corrected chi connectivity index (χ1v) is 5.44. The molecule has 1 unspecified atom stereocenters. The highest BCUT2D eigenvalue weighted by Crippen LogP contribution is 2.09. The van der Waals surface area contributed by atoms with E-state index < -0.39 is 11.6 Å². The predicted molar refractivity (Wildman–Crippen MR) is 58.0 cm³/mol. The molecular formula is C11H14ClF2N. The van der Waals surface area contributed by atoms with E-state index in [0.717, 1.165) is 18.6 Å². The van der Waals surface area contributed by atoms with Gasteiger partial charge in [-0.05, 0) is 24.6 Å². The lowest BCUT2D eigenvalue weighted by Crippen LogP contribution is -2.29. The molecule has 0 aliphatic rings. The zero-order chi connectivity index (χ0) is 11.3. The average Bonchev–Trinajstić information content (AvgIpc) is 2.24. The maximum Gasteiger partial charge on any atom is 0.127 e. The van der Waals surface area contributed by atoms with Gasteiger partial charge in [-0.1, -0.05) is 6.92 Å². The van der Waals surface area contributed by atoms with Crippen LogP contribution >= 0.6 is 11.6 Å². The molecule has 0 spiro atoms. The van der Waals surface area contributed by atoms with Crippen molar-refractivity contribution in [2.24, 2.45) is 0 Å². The second kappa shape index (κ2) is 6.03. The van der Waals surface area contributed by atoms with E-state index in [2.05, 4.69) is 5.32 Å². The number of alkyl halides is 1. The Bertz CT molecular complexity index is 313. The van der Waals surface area contributed by atoms with Gasteiger partial charge < -0.3 is 5.32 Å². The maximum atomic E-state index is 13.2. The summed E-state index contributed by atoms with van der Waals surface area (Å²) in [6, 6.07) is 3.57. The van der Waals surface area contributed by atoms with Crippen LogP contribution in [0.2, 0.25) is 0 Å². The molecule has 1 atom stereocenters. The largest absolute Gasteiger partial charge is 0.309 e. The van der Waals surface area contributed by atoms with E-state index in [1.807, 2.05) is 6.92 Å². The fourth-order valence-corrected chi connectivity index (χ4v) is 1.57. The Balaban J connectivity index is 2.60. The second-order valence-electron chi connectivity index (χ2n) is 3.38. The fraction of sp³-hybridized carbons (Fsp3) is 0.455. The molecule has 0 bridgehead atoms. The van der Waals surface area contributed by atoms with Gasteiger partial charge in [-0.25, -0.2) is 8.78 Å². The second-order valence-corrected chi connectivity index (χ2v) is 3.68. The zero-order valence-corrected chi connectivity index (χ0v) is 9.32. The third-order valence-electron chi connectivity index (χ3n) is 2.27. The van der Waals surface area contributed by atoms with E-state index in [4.69, 9.17) is 11.6 Å². The van der Waals surface area contributed by atoms with Crippen LogP contribution in [-0.2, 0) is 6.54 Å². The van der Waals surface area contributed by atoms with E-state index in [1.54, 1.807) is 0 Å². The minimum Gasteiger partial charge on any atom is -0.309 e. The summed E-state index contributed by atoms with van der Waals surface area (Å²) in [5.41, 5.74) is 0.332. The molecule has 0 aliphatic carbocycles. The van der Waals surface area contributed by atoms with E-state index >= 15 is 0 Å². The van der Waals surface area contributed by atoms with Crippen molar-refractivity contribution in [3.05, 3.63) is 35.4 Å². The standard InChI is InChI=1S/C11H14ClF2N/c1-2-10(6-12)15-7-8-5-9(13)3-4-11(8)14/h3-5,10,15H,2,6-7H2,1H3. The first-order valence-electron chi connectivity index (χ1n) is 4.90. The molecule has 1 nitrogen and oxygen atoms in total. The Morgan fingerprint density at radius 2 is 2.13 bits per heavy atom. The number of halogens is 3. The van der Waals surface area contributed by atoms with Crippen molar-refractivity contribution >= 4 is 11.6 Å². The van der Waals surface area contributed by atoms with Crippen LogP contribution in [0.5, 0.6) is 0 Å². The minimum absolute atomic E-state index is 0.134. The minimum atomic E-state index is -0.424. The summed E-state index contributed by atoms with van der Waals surface area (Å²) in [4.78, 5) is 0. The van der Waals surface area contributed by atoms with Crippen LogP contribution in [0, 0.1) is 11.6 Å². The van der Waals surface area contributed by atoms with Gasteiger partial charge in [-0.3, -0.25) is 0 Å². The molecule has 0 saturated carbocycles. The molecule has 4 heteroatoms. The Morgan fingerprint density at radius 3 is 2.73 bits per heavy atom. The van der Waals surface area contributed by atoms with Crippen molar-refractivity contribution in [3.63, 3.8) is 0 Å². The monoisotopic (exact) mass is 233 g/mol. The SMILES string of the molecule is CCC(CCl)NCc1cc(F)ccc1F. The van der Waals surface area contributed by atoms with Crippen molar-refractivity contribution in [2.75, 3.05) is 5.88 Å². The Labute approximate surface area is 93.4 Å². The highest BCUT2D eigenvalue weighted by Gasteiger charge is 2.07. The lowest BCUT2D eigenvalue weighted by molar-refractivity contribution is 0.515. The Kier molecular flexibility index (Phi) is 4.99. The number of benzene rings is 1. The van der Waals surface area contributed by atoms with Crippen molar-refractivity contribution < 1.29 is 8.78 Å². The van der Waals surface area contributed by atoms with Gasteiger partial charge >= 0.3 is 0 Å². The van der Waals surface area contributed by atoms with Gasteiger partial charge in [0.2, 0.25) is 0 Å². The summed E-state index contributed by atoms with van der Waals surface area (Å²) in [5, 5.41) is 3.06. The van der Waals surface area contributed by atoms with Gasteiger partial charge in [-0.15, -0.1) is 11.6 Å². The molecular weight excluding hydrogens is 220 g/mol. The highest BCUT2D eigenvalue weighted by atomic mass is 35.5. The summed E-state index contributed by atoms with van der Waals surface area (Å²) in [6.07, 6.45) is 0.862. The molecule has 1 N–H and O–H groups in total. The molecule has 0 radical (unpaired) electrons. The quantitative estimate of drug-likeness (QED) is 0.771. The third kappa shape index (κ3) is 3.76. The first-order chi connectivity index (χ1) is 7.17. The average molecular weight is 234 g/mol. The van der Waals surface area contributed by atoms with Gasteiger partial charge in [0, 0.05) is 24.0 Å². The maximum absolute atomic E-state index is 13.2. The van der Waals surface area contributed by atoms with Crippen molar-refractivity contribution in [3.8, 4) is 0 Å². The Hall–Kier alpha value is -0.670. The summed E-state index contributed by atoms with van der Waals surface area (Å²) in [5.74, 6) is -0.353. The number of hydrogen-bond acceptors (Lipinski definition) is 1. The van der Waals surface area contributed by atoms with E-state index in [1.165, 1.54) is 6.07 Å². The topological polar surface area (TPSA) is 12.0 Å². The molecule has 15 heavy (non-hydrogen) atoms. The van der Waals surface area contributed by atoms with E-state index in [-0.39, 0.29) is 6.04 Å². The lowest BCUT2D eigenvalue weighted by atomic mass is 10.2. The van der Waals surface area contributed by atoms with Crippen molar-refractivity contribution in [1.82, 2.24) is 5.32 Å². The normalized spacial score (nSPS) is 12.8. The molecule has 84 valence electrons. The molecule has 0 fully saturated rings. The van der Waals surface area contributed by atoms with Gasteiger partial charge in [-0.2, -0.15) is 0 Å². The molecule has 0 amide bonds. The van der Waals surface area contributed by atoms with Gasteiger partial charge in [0.25, 0.3) is 0 Å². The fourth-order valence-electron chi connectivity index (χ4n) is 1.24. The van der Waals surface area contributed by atoms with Gasteiger partial charge in [0.15, 0.2) is 0 Å². The molecule has 0 heterocycles. The van der Waals surface area contributed by atoms with E-state index in [0.29, 0.717) is 18.0 Å². The molecule has 1 rings (SSSR count). The molecule has 1 aromatic carbocycles. The summed E-state index contributed by atoms with van der Waals surface area (Å²) in [6.45, 7) is 2.29. The molecule has 1 aromatic rings. The van der Waals surface area contributed by atoms with Crippen LogP contribution in [0.15, 0.2) is 18.2 Å². The van der Waals surface area contributed by atoms with Crippen molar-refractivity contribution in [1.29, 1.82) is 0 Å². The molecule has 0 aliphatic heterocycles.